The Morgan fingerprint density at radius 1 is 1.25 bits per heavy atom. The summed E-state index contributed by atoms with van der Waals surface area (Å²) in [5.41, 5.74) is 0.432. The monoisotopic (exact) mass is 368 g/mol. The average Bonchev–Trinajstić information content (AvgIpc) is 2.56. The van der Waals surface area contributed by atoms with Gasteiger partial charge in [0.25, 0.3) is 5.91 Å². The van der Waals surface area contributed by atoms with Crippen molar-refractivity contribution >= 4 is 33.2 Å². The van der Waals surface area contributed by atoms with Gasteiger partial charge in [0.1, 0.15) is 5.82 Å². The normalized spacial score (nSPS) is 11.1. The van der Waals surface area contributed by atoms with E-state index in [-0.39, 0.29) is 22.0 Å². The molecule has 0 aromatic heterocycles. The van der Waals surface area contributed by atoms with E-state index in [1.165, 1.54) is 42.5 Å². The van der Waals surface area contributed by atoms with Gasteiger partial charge in [0.05, 0.1) is 9.92 Å². The second kappa shape index (κ2) is 7.57. The highest BCUT2D eigenvalue weighted by Gasteiger charge is 2.15. The molecular formula is C16H14ClFN2O3S. The summed E-state index contributed by atoms with van der Waals surface area (Å²) in [5, 5.41) is 2.40. The number of benzene rings is 2. The van der Waals surface area contributed by atoms with Gasteiger partial charge >= 0.3 is 0 Å². The maximum atomic E-state index is 13.1. The van der Waals surface area contributed by atoms with E-state index in [1.54, 1.807) is 0 Å². The fraction of sp³-hybridized carbons (Fsp3) is 0.0625. The molecule has 0 aliphatic carbocycles. The fourth-order valence-corrected chi connectivity index (χ4v) is 3.06. The van der Waals surface area contributed by atoms with Crippen LogP contribution in [0.3, 0.4) is 0 Å². The number of sulfonamides is 1. The molecule has 0 fully saturated rings. The molecule has 0 aliphatic rings. The average molecular weight is 369 g/mol. The van der Waals surface area contributed by atoms with Crippen LogP contribution in [0.5, 0.6) is 0 Å². The van der Waals surface area contributed by atoms with Crippen LogP contribution in [0.1, 0.15) is 10.4 Å². The van der Waals surface area contributed by atoms with Crippen LogP contribution in [0.4, 0.5) is 10.1 Å². The SMILES string of the molecule is C=CCNS(=O)(=O)c1cccc(C(=O)Nc2ccc(F)c(Cl)c2)c1. The van der Waals surface area contributed by atoms with Crippen molar-refractivity contribution < 1.29 is 17.6 Å². The predicted molar refractivity (Wildman–Crippen MR) is 91.2 cm³/mol. The third-order valence-electron chi connectivity index (χ3n) is 3.00. The molecule has 24 heavy (non-hydrogen) atoms. The molecule has 0 saturated carbocycles. The number of carbonyl (C=O) groups excluding carboxylic acids is 1. The highest BCUT2D eigenvalue weighted by Crippen LogP contribution is 2.20. The minimum Gasteiger partial charge on any atom is -0.322 e. The number of rotatable bonds is 6. The molecule has 0 bridgehead atoms. The molecule has 2 aromatic rings. The first-order chi connectivity index (χ1) is 11.3. The summed E-state index contributed by atoms with van der Waals surface area (Å²) in [5.74, 6) is -1.14. The molecule has 2 rings (SSSR count). The predicted octanol–water partition coefficient (Wildman–Crippen LogP) is 3.20. The molecule has 0 aliphatic heterocycles. The summed E-state index contributed by atoms with van der Waals surface area (Å²) in [6, 6.07) is 9.27. The molecule has 1 amide bonds. The van der Waals surface area contributed by atoms with Crippen LogP contribution in [0.15, 0.2) is 60.0 Å². The number of anilines is 1. The Hall–Kier alpha value is -2.22. The van der Waals surface area contributed by atoms with Crippen molar-refractivity contribution in [3.8, 4) is 0 Å². The van der Waals surface area contributed by atoms with Crippen LogP contribution in [-0.4, -0.2) is 20.9 Å². The lowest BCUT2D eigenvalue weighted by atomic mass is 10.2. The number of nitrogens with one attached hydrogen (secondary N) is 2. The first-order valence-corrected chi connectivity index (χ1v) is 8.66. The van der Waals surface area contributed by atoms with Gasteiger partial charge in [-0.05, 0) is 36.4 Å². The fourth-order valence-electron chi connectivity index (χ4n) is 1.83. The quantitative estimate of drug-likeness (QED) is 0.769. The second-order valence-corrected chi connectivity index (χ2v) is 6.93. The molecule has 2 aromatic carbocycles. The van der Waals surface area contributed by atoms with Gasteiger partial charge in [-0.15, -0.1) is 6.58 Å². The van der Waals surface area contributed by atoms with Crippen LogP contribution in [-0.2, 0) is 10.0 Å². The van der Waals surface area contributed by atoms with Crippen molar-refractivity contribution in [3.63, 3.8) is 0 Å². The molecule has 0 spiro atoms. The molecule has 0 radical (unpaired) electrons. The smallest absolute Gasteiger partial charge is 0.255 e. The van der Waals surface area contributed by atoms with Gasteiger partial charge in [-0.1, -0.05) is 23.7 Å². The lowest BCUT2D eigenvalue weighted by Crippen LogP contribution is -2.24. The molecule has 0 saturated heterocycles. The molecule has 0 unspecified atom stereocenters. The molecule has 8 heteroatoms. The lowest BCUT2D eigenvalue weighted by Gasteiger charge is -2.08. The van der Waals surface area contributed by atoms with Crippen LogP contribution in [0.2, 0.25) is 5.02 Å². The molecule has 0 heterocycles. The summed E-state index contributed by atoms with van der Waals surface area (Å²) in [7, 11) is -3.74. The number of amides is 1. The Kier molecular flexibility index (Phi) is 5.71. The highest BCUT2D eigenvalue weighted by atomic mass is 35.5. The molecule has 5 nitrogen and oxygen atoms in total. The van der Waals surface area contributed by atoms with E-state index in [2.05, 4.69) is 16.6 Å². The van der Waals surface area contributed by atoms with Crippen LogP contribution < -0.4 is 10.0 Å². The van der Waals surface area contributed by atoms with Gasteiger partial charge < -0.3 is 5.32 Å². The van der Waals surface area contributed by atoms with Crippen molar-refractivity contribution in [1.82, 2.24) is 4.72 Å². The van der Waals surface area contributed by atoms with Gasteiger partial charge in [0.15, 0.2) is 0 Å². The molecule has 0 atom stereocenters. The summed E-state index contributed by atoms with van der Waals surface area (Å²) in [4.78, 5) is 12.2. The Labute approximate surface area is 144 Å². The van der Waals surface area contributed by atoms with Crippen molar-refractivity contribution in [3.05, 3.63) is 71.5 Å². The van der Waals surface area contributed by atoms with Gasteiger partial charge in [-0.3, -0.25) is 4.79 Å². The van der Waals surface area contributed by atoms with Gasteiger partial charge in [-0.25, -0.2) is 17.5 Å². The van der Waals surface area contributed by atoms with Gasteiger partial charge in [0, 0.05) is 17.8 Å². The second-order valence-electron chi connectivity index (χ2n) is 4.75. The van der Waals surface area contributed by atoms with Crippen molar-refractivity contribution in [2.45, 2.75) is 4.90 Å². The summed E-state index contributed by atoms with van der Waals surface area (Å²) in [6.45, 7) is 3.51. The maximum absolute atomic E-state index is 13.1. The van der Waals surface area contributed by atoms with Crippen molar-refractivity contribution in [1.29, 1.82) is 0 Å². The first-order valence-electron chi connectivity index (χ1n) is 6.80. The lowest BCUT2D eigenvalue weighted by molar-refractivity contribution is 0.102. The number of hydrogen-bond donors (Lipinski definition) is 2. The largest absolute Gasteiger partial charge is 0.322 e. The zero-order valence-corrected chi connectivity index (χ0v) is 14.0. The third-order valence-corrected chi connectivity index (χ3v) is 4.71. The Bertz CT molecular complexity index is 885. The van der Waals surface area contributed by atoms with Crippen LogP contribution >= 0.6 is 11.6 Å². The maximum Gasteiger partial charge on any atom is 0.255 e. The summed E-state index contributed by atoms with van der Waals surface area (Å²) in [6.07, 6.45) is 1.41. The van der Waals surface area contributed by atoms with E-state index < -0.39 is 21.7 Å². The van der Waals surface area contributed by atoms with Crippen LogP contribution in [0.25, 0.3) is 0 Å². The van der Waals surface area contributed by atoms with Gasteiger partial charge in [0.2, 0.25) is 10.0 Å². The van der Waals surface area contributed by atoms with E-state index >= 15 is 0 Å². The van der Waals surface area contributed by atoms with E-state index in [1.807, 2.05) is 0 Å². The van der Waals surface area contributed by atoms with Crippen molar-refractivity contribution in [2.75, 3.05) is 11.9 Å². The summed E-state index contributed by atoms with van der Waals surface area (Å²) < 4.78 is 39.6. The standard InChI is InChI=1S/C16H14ClFN2O3S/c1-2-8-19-24(22,23)13-5-3-4-11(9-13)16(21)20-12-6-7-15(18)14(17)10-12/h2-7,9-10,19H,1,8H2,(H,20,21). The third kappa shape index (κ3) is 4.41. The minimum atomic E-state index is -3.74. The number of hydrogen-bond acceptors (Lipinski definition) is 3. The molecule has 126 valence electrons. The van der Waals surface area contributed by atoms with E-state index in [0.717, 1.165) is 6.07 Å². The number of carbonyl (C=O) groups is 1. The first kappa shape index (κ1) is 18.1. The van der Waals surface area contributed by atoms with E-state index in [0.29, 0.717) is 5.69 Å². The Morgan fingerprint density at radius 2 is 2.00 bits per heavy atom. The van der Waals surface area contributed by atoms with E-state index in [4.69, 9.17) is 11.6 Å². The summed E-state index contributed by atoms with van der Waals surface area (Å²) >= 11 is 5.65. The van der Waals surface area contributed by atoms with Crippen molar-refractivity contribution in [2.24, 2.45) is 0 Å². The topological polar surface area (TPSA) is 75.3 Å². The number of halogens is 2. The highest BCUT2D eigenvalue weighted by molar-refractivity contribution is 7.89. The Morgan fingerprint density at radius 3 is 2.67 bits per heavy atom. The Balaban J connectivity index is 2.22. The van der Waals surface area contributed by atoms with Gasteiger partial charge in [-0.2, -0.15) is 0 Å². The zero-order valence-electron chi connectivity index (χ0n) is 12.4. The molecule has 2 N–H and O–H groups in total. The van der Waals surface area contributed by atoms with E-state index in [9.17, 15) is 17.6 Å². The minimum absolute atomic E-state index is 0.0471. The molecular weight excluding hydrogens is 355 g/mol. The zero-order chi connectivity index (χ0) is 17.7. The van der Waals surface area contributed by atoms with Crippen LogP contribution in [0, 0.1) is 5.82 Å².